The Hall–Kier alpha value is -6.76. The van der Waals surface area contributed by atoms with E-state index >= 15 is 0 Å². The molecule has 0 fully saturated rings. The lowest BCUT2D eigenvalue weighted by Gasteiger charge is -2.34. The monoisotopic (exact) mass is 672 g/mol. The van der Waals surface area contributed by atoms with Gasteiger partial charge in [0.15, 0.2) is 0 Å². The molecule has 0 spiro atoms. The van der Waals surface area contributed by atoms with Gasteiger partial charge in [0.25, 0.3) is 0 Å². The van der Waals surface area contributed by atoms with Crippen molar-refractivity contribution in [3.63, 3.8) is 0 Å². The van der Waals surface area contributed by atoms with Crippen LogP contribution in [0.4, 0.5) is 0 Å². The van der Waals surface area contributed by atoms with E-state index in [1.807, 2.05) is 0 Å². The van der Waals surface area contributed by atoms with Crippen molar-refractivity contribution in [2.24, 2.45) is 0 Å². The summed E-state index contributed by atoms with van der Waals surface area (Å²) in [6.45, 7) is 0. The number of hydrogen-bond donors (Lipinski definition) is 0. The van der Waals surface area contributed by atoms with E-state index in [9.17, 15) is 0 Å². The summed E-state index contributed by atoms with van der Waals surface area (Å²) in [5.41, 5.74) is 17.0. The van der Waals surface area contributed by atoms with Crippen molar-refractivity contribution >= 4 is 10.8 Å². The fraction of sp³-hybridized carbons (Fsp3) is 0.0189. The smallest absolute Gasteiger partial charge is 0.0622 e. The van der Waals surface area contributed by atoms with E-state index in [1.54, 1.807) is 0 Å². The molecule has 9 aromatic rings. The molecular weight excluding hydrogens is 637 g/mol. The Bertz CT molecular complexity index is 2670. The van der Waals surface area contributed by atoms with Crippen molar-refractivity contribution in [2.75, 3.05) is 0 Å². The Morgan fingerprint density at radius 2 is 0.642 bits per heavy atom. The summed E-state index contributed by atoms with van der Waals surface area (Å²) < 4.78 is 0. The highest BCUT2D eigenvalue weighted by atomic mass is 14.5. The van der Waals surface area contributed by atoms with Crippen LogP contribution in [0.5, 0.6) is 0 Å². The van der Waals surface area contributed by atoms with E-state index in [4.69, 9.17) is 0 Å². The quantitative estimate of drug-likeness (QED) is 0.165. The van der Waals surface area contributed by atoms with E-state index in [1.165, 1.54) is 88.7 Å². The molecule has 0 saturated heterocycles. The molecular formula is C53H36. The van der Waals surface area contributed by atoms with Crippen LogP contribution in [-0.2, 0) is 5.41 Å². The van der Waals surface area contributed by atoms with Gasteiger partial charge < -0.3 is 0 Å². The Balaban J connectivity index is 1.23. The molecule has 9 aromatic carbocycles. The van der Waals surface area contributed by atoms with Gasteiger partial charge in [-0.3, -0.25) is 0 Å². The Morgan fingerprint density at radius 1 is 0.245 bits per heavy atom. The molecule has 0 atom stereocenters. The molecule has 1 aliphatic carbocycles. The summed E-state index contributed by atoms with van der Waals surface area (Å²) >= 11 is 0. The second-order valence-corrected chi connectivity index (χ2v) is 14.0. The average Bonchev–Trinajstić information content (AvgIpc) is 3.55. The molecule has 0 aromatic heterocycles. The minimum atomic E-state index is -0.532. The molecule has 1 aliphatic rings. The zero-order valence-corrected chi connectivity index (χ0v) is 29.3. The topological polar surface area (TPSA) is 0 Å². The third kappa shape index (κ3) is 5.06. The lowest BCUT2D eigenvalue weighted by molar-refractivity contribution is 0.769. The Morgan fingerprint density at radius 3 is 1.17 bits per heavy atom. The predicted molar refractivity (Wildman–Crippen MR) is 223 cm³/mol. The first-order chi connectivity index (χ1) is 26.3. The van der Waals surface area contributed by atoms with Crippen LogP contribution in [-0.4, -0.2) is 0 Å². The largest absolute Gasteiger partial charge is 0.0714 e. The predicted octanol–water partition coefficient (Wildman–Crippen LogP) is 13.9. The maximum absolute atomic E-state index is 2.50. The van der Waals surface area contributed by atoms with Crippen molar-refractivity contribution < 1.29 is 0 Å². The first-order valence-electron chi connectivity index (χ1n) is 18.4. The number of hydrogen-bond acceptors (Lipinski definition) is 0. The number of fused-ring (bicyclic) bond motifs is 5. The van der Waals surface area contributed by atoms with Crippen LogP contribution in [0.3, 0.4) is 0 Å². The van der Waals surface area contributed by atoms with Crippen LogP contribution in [0.1, 0.15) is 22.3 Å². The molecule has 0 N–H and O–H groups in total. The molecule has 0 radical (unpaired) electrons. The number of benzene rings is 9. The van der Waals surface area contributed by atoms with Crippen molar-refractivity contribution in [1.82, 2.24) is 0 Å². The lowest BCUT2D eigenvalue weighted by atomic mass is 9.67. The van der Waals surface area contributed by atoms with Crippen molar-refractivity contribution in [2.45, 2.75) is 5.41 Å². The van der Waals surface area contributed by atoms with Gasteiger partial charge in [0.1, 0.15) is 0 Å². The summed E-state index contributed by atoms with van der Waals surface area (Å²) in [4.78, 5) is 0. The van der Waals surface area contributed by atoms with Gasteiger partial charge in [-0.05, 0) is 101 Å². The van der Waals surface area contributed by atoms with Crippen LogP contribution in [0.15, 0.2) is 218 Å². The molecule has 0 bridgehead atoms. The second-order valence-electron chi connectivity index (χ2n) is 14.0. The van der Waals surface area contributed by atoms with Crippen LogP contribution in [0.2, 0.25) is 0 Å². The third-order valence-corrected chi connectivity index (χ3v) is 11.2. The second kappa shape index (κ2) is 12.8. The summed E-state index contributed by atoms with van der Waals surface area (Å²) in [7, 11) is 0. The Labute approximate surface area is 311 Å². The first-order valence-corrected chi connectivity index (χ1v) is 18.4. The van der Waals surface area contributed by atoms with Gasteiger partial charge in [0, 0.05) is 0 Å². The van der Waals surface area contributed by atoms with Crippen LogP contribution >= 0.6 is 0 Å². The first kappa shape index (κ1) is 31.0. The highest BCUT2D eigenvalue weighted by Crippen LogP contribution is 2.59. The van der Waals surface area contributed by atoms with Gasteiger partial charge >= 0.3 is 0 Å². The van der Waals surface area contributed by atoms with E-state index in [-0.39, 0.29) is 0 Å². The van der Waals surface area contributed by atoms with Gasteiger partial charge in [-0.1, -0.05) is 206 Å². The SMILES string of the molecule is c1ccc(-c2ccc(-c3ccc4c(c3)C(c3ccccc3)(c3ccccc3)c3cc(-c5ccc(-c6ccccc6)cc5)c5ccccc5c3-4)cc2)cc1. The van der Waals surface area contributed by atoms with Gasteiger partial charge in [0.05, 0.1) is 5.41 Å². The standard InChI is InChI=1S/C53H36/c1-5-15-37(16-6-1)39-25-27-41(28-26-39)43-33-34-48-50(35-43)53(44-19-9-3-10-20-44,45-21-11-4-12-22-45)51-36-49(46-23-13-14-24-47(46)52(48)51)42-31-29-40(30-32-42)38-17-7-2-8-18-38/h1-36H. The van der Waals surface area contributed by atoms with Crippen molar-refractivity contribution in [1.29, 1.82) is 0 Å². The highest BCUT2D eigenvalue weighted by Gasteiger charge is 2.47. The van der Waals surface area contributed by atoms with Crippen LogP contribution in [0, 0.1) is 0 Å². The average molecular weight is 673 g/mol. The summed E-state index contributed by atoms with van der Waals surface area (Å²) in [5, 5.41) is 2.55. The van der Waals surface area contributed by atoms with Gasteiger partial charge in [-0.15, -0.1) is 0 Å². The van der Waals surface area contributed by atoms with E-state index in [0.29, 0.717) is 0 Å². The number of rotatable bonds is 6. The van der Waals surface area contributed by atoms with Crippen LogP contribution < -0.4 is 0 Å². The van der Waals surface area contributed by atoms with E-state index in [2.05, 4.69) is 218 Å². The minimum absolute atomic E-state index is 0.532. The molecule has 0 unspecified atom stereocenters. The zero-order chi connectivity index (χ0) is 35.2. The molecule has 0 nitrogen and oxygen atoms in total. The lowest BCUT2D eigenvalue weighted by Crippen LogP contribution is -2.28. The van der Waals surface area contributed by atoms with E-state index < -0.39 is 5.41 Å². The molecule has 0 heterocycles. The van der Waals surface area contributed by atoms with Crippen molar-refractivity contribution in [3.8, 4) is 55.6 Å². The molecule has 248 valence electrons. The summed E-state index contributed by atoms with van der Waals surface area (Å²) in [6, 6.07) is 80.3. The minimum Gasteiger partial charge on any atom is -0.0622 e. The molecule has 0 saturated carbocycles. The van der Waals surface area contributed by atoms with E-state index in [0.717, 1.165) is 0 Å². The van der Waals surface area contributed by atoms with Gasteiger partial charge in [-0.2, -0.15) is 0 Å². The highest BCUT2D eigenvalue weighted by molar-refractivity contribution is 6.10. The van der Waals surface area contributed by atoms with Crippen LogP contribution in [0.25, 0.3) is 66.4 Å². The summed E-state index contributed by atoms with van der Waals surface area (Å²) in [5.74, 6) is 0. The third-order valence-electron chi connectivity index (χ3n) is 11.2. The molecule has 53 heavy (non-hydrogen) atoms. The molecule has 0 heteroatoms. The molecule has 0 amide bonds. The fourth-order valence-electron chi connectivity index (χ4n) is 8.72. The maximum atomic E-state index is 2.50. The van der Waals surface area contributed by atoms with Crippen molar-refractivity contribution in [3.05, 3.63) is 241 Å². The fourth-order valence-corrected chi connectivity index (χ4v) is 8.72. The van der Waals surface area contributed by atoms with Gasteiger partial charge in [-0.25, -0.2) is 0 Å². The zero-order valence-electron chi connectivity index (χ0n) is 29.3. The molecule has 0 aliphatic heterocycles. The Kier molecular flexibility index (Phi) is 7.48. The molecule has 10 rings (SSSR count). The van der Waals surface area contributed by atoms with Gasteiger partial charge in [0.2, 0.25) is 0 Å². The normalized spacial score (nSPS) is 12.7. The maximum Gasteiger partial charge on any atom is 0.0714 e. The summed E-state index contributed by atoms with van der Waals surface area (Å²) in [6.07, 6.45) is 0.